The highest BCUT2D eigenvalue weighted by molar-refractivity contribution is 7.99. The van der Waals surface area contributed by atoms with E-state index in [0.29, 0.717) is 23.5 Å². The van der Waals surface area contributed by atoms with Crippen molar-refractivity contribution in [3.05, 3.63) is 6.33 Å². The first-order valence-corrected chi connectivity index (χ1v) is 12.3. The van der Waals surface area contributed by atoms with Crippen molar-refractivity contribution in [2.75, 3.05) is 36.2 Å². The number of fused-ring (bicyclic) bond motifs is 1. The van der Waals surface area contributed by atoms with Gasteiger partial charge in [-0.25, -0.2) is 15.0 Å². The molecule has 13 heteroatoms. The minimum atomic E-state index is -4.25. The van der Waals surface area contributed by atoms with Gasteiger partial charge in [0.15, 0.2) is 28.4 Å². The minimum absolute atomic E-state index is 0.192. The van der Waals surface area contributed by atoms with E-state index in [0.717, 1.165) is 30.4 Å². The molecule has 0 radical (unpaired) electrons. The van der Waals surface area contributed by atoms with Gasteiger partial charge in [-0.15, -0.1) is 0 Å². The first-order chi connectivity index (χ1) is 14.8. The Labute approximate surface area is 185 Å². The maximum Gasteiger partial charge on any atom is 0.389 e. The molecule has 172 valence electrons. The summed E-state index contributed by atoms with van der Waals surface area (Å²) in [5.41, 5.74) is 0.358. The molecule has 3 N–H and O–H groups in total. The summed E-state index contributed by atoms with van der Waals surface area (Å²) >= 11 is 2.56. The fraction of sp³-hybridized carbons (Fsp3) is 0.722. The maximum atomic E-state index is 12.6. The van der Waals surface area contributed by atoms with Crippen LogP contribution < -0.4 is 5.32 Å². The highest BCUT2D eigenvalue weighted by Crippen LogP contribution is 2.60. The lowest BCUT2D eigenvalue weighted by atomic mass is 9.95. The van der Waals surface area contributed by atoms with E-state index in [1.165, 1.54) is 6.33 Å². The molecule has 2 aliphatic rings. The zero-order valence-electron chi connectivity index (χ0n) is 16.8. The first-order valence-electron chi connectivity index (χ1n) is 9.90. The van der Waals surface area contributed by atoms with Gasteiger partial charge in [-0.05, 0) is 19.1 Å². The Balaban J connectivity index is 1.65. The highest BCUT2D eigenvalue weighted by Gasteiger charge is 2.63. The van der Waals surface area contributed by atoms with Crippen molar-refractivity contribution in [1.29, 1.82) is 0 Å². The molecule has 1 aliphatic heterocycles. The van der Waals surface area contributed by atoms with E-state index in [9.17, 15) is 23.4 Å². The van der Waals surface area contributed by atoms with Crippen LogP contribution in [0.25, 0.3) is 11.2 Å². The molecule has 3 heterocycles. The quantitative estimate of drug-likeness (QED) is 0.284. The van der Waals surface area contributed by atoms with Gasteiger partial charge in [-0.3, -0.25) is 4.57 Å². The van der Waals surface area contributed by atoms with E-state index < -0.39 is 36.4 Å². The second kappa shape index (κ2) is 8.93. The summed E-state index contributed by atoms with van der Waals surface area (Å²) in [6, 6.07) is 0. The molecule has 1 aliphatic carbocycles. The minimum Gasteiger partial charge on any atom is -0.394 e. The molecule has 8 nitrogen and oxygen atoms in total. The largest absolute Gasteiger partial charge is 0.394 e. The van der Waals surface area contributed by atoms with Crippen molar-refractivity contribution in [3.63, 3.8) is 0 Å². The van der Waals surface area contributed by atoms with Gasteiger partial charge in [0, 0.05) is 23.5 Å². The fourth-order valence-electron chi connectivity index (χ4n) is 3.86. The number of anilines is 1. The summed E-state index contributed by atoms with van der Waals surface area (Å²) < 4.78 is 45.2. The predicted octanol–water partition coefficient (Wildman–Crippen LogP) is 2.68. The van der Waals surface area contributed by atoms with Crippen LogP contribution in [0.2, 0.25) is 0 Å². The Morgan fingerprint density at radius 2 is 2.10 bits per heavy atom. The Bertz CT molecular complexity index is 925. The Morgan fingerprint density at radius 1 is 1.32 bits per heavy atom. The number of aliphatic hydroxyl groups excluding tert-OH is 2. The Hall–Kier alpha value is -1.28. The fourth-order valence-corrected chi connectivity index (χ4v) is 4.99. The lowest BCUT2D eigenvalue weighted by Crippen LogP contribution is -2.29. The van der Waals surface area contributed by atoms with Crippen LogP contribution in [0.1, 0.15) is 25.5 Å². The zero-order chi connectivity index (χ0) is 22.2. The van der Waals surface area contributed by atoms with E-state index in [1.54, 1.807) is 16.3 Å². The lowest BCUT2D eigenvalue weighted by molar-refractivity contribution is -0.129. The van der Waals surface area contributed by atoms with E-state index in [2.05, 4.69) is 20.3 Å². The van der Waals surface area contributed by atoms with Gasteiger partial charge in [0.2, 0.25) is 0 Å². The van der Waals surface area contributed by atoms with Crippen molar-refractivity contribution in [2.24, 2.45) is 5.41 Å². The molecular formula is C18H24F3N5O3S2. The second-order valence-corrected chi connectivity index (χ2v) is 9.74. The van der Waals surface area contributed by atoms with Crippen molar-refractivity contribution in [1.82, 2.24) is 19.5 Å². The number of alkyl halides is 3. The molecule has 0 bridgehead atoms. The number of hydrogen-bond donors (Lipinski definition) is 3. The molecule has 3 atom stereocenters. The second-order valence-electron chi connectivity index (χ2n) is 7.69. The molecule has 2 aromatic heterocycles. The number of nitrogens with one attached hydrogen (secondary N) is 1. The van der Waals surface area contributed by atoms with Crippen LogP contribution >= 0.6 is 23.5 Å². The van der Waals surface area contributed by atoms with Gasteiger partial charge in [-0.2, -0.15) is 24.9 Å². The number of nitrogens with zero attached hydrogens (tertiary/aromatic N) is 4. The molecule has 1 saturated heterocycles. The number of aliphatic hydroxyl groups is 2. The number of rotatable bonds is 9. The number of ether oxygens (including phenoxy) is 1. The van der Waals surface area contributed by atoms with Crippen LogP contribution in [0.4, 0.5) is 19.0 Å². The van der Waals surface area contributed by atoms with Crippen LogP contribution in [-0.4, -0.2) is 79.0 Å². The standard InChI is InChI=1S/C18H24F3N5O3S2/c1-30-7-5-22-13-11-14(25-16(24-13)31-6-4-18(19,20)21)26(9-23-11)15-12(28)17(2-3-17)10(8-27)29-15/h9-10,12,15,27-28H,2-8H2,1H3,(H,22,24,25)/t10-,12+,15-/m1/s1. The summed E-state index contributed by atoms with van der Waals surface area (Å²) in [5, 5.41) is 23.9. The van der Waals surface area contributed by atoms with Crippen LogP contribution in [0.5, 0.6) is 0 Å². The molecule has 0 aromatic carbocycles. The molecule has 31 heavy (non-hydrogen) atoms. The summed E-state index contributed by atoms with van der Waals surface area (Å²) in [6.45, 7) is 0.403. The summed E-state index contributed by atoms with van der Waals surface area (Å²) in [4.78, 5) is 13.2. The van der Waals surface area contributed by atoms with E-state index in [-0.39, 0.29) is 17.5 Å². The average Bonchev–Trinajstić information content (AvgIpc) is 3.33. The van der Waals surface area contributed by atoms with Crippen molar-refractivity contribution < 1.29 is 28.1 Å². The van der Waals surface area contributed by atoms with Gasteiger partial charge in [0.05, 0.1) is 25.5 Å². The third-order valence-corrected chi connectivity index (χ3v) is 7.15. The number of thioether (sulfide) groups is 2. The van der Waals surface area contributed by atoms with Crippen molar-refractivity contribution in [3.8, 4) is 0 Å². The molecule has 2 fully saturated rings. The molecule has 4 rings (SSSR count). The maximum absolute atomic E-state index is 12.6. The van der Waals surface area contributed by atoms with Gasteiger partial charge >= 0.3 is 6.18 Å². The van der Waals surface area contributed by atoms with Crippen LogP contribution in [0.3, 0.4) is 0 Å². The zero-order valence-corrected chi connectivity index (χ0v) is 18.4. The molecule has 1 saturated carbocycles. The van der Waals surface area contributed by atoms with Crippen molar-refractivity contribution in [2.45, 2.75) is 49.0 Å². The smallest absolute Gasteiger partial charge is 0.389 e. The van der Waals surface area contributed by atoms with Crippen LogP contribution in [-0.2, 0) is 4.74 Å². The topological polar surface area (TPSA) is 105 Å². The third-order valence-electron chi connectivity index (χ3n) is 5.69. The molecular weight excluding hydrogens is 455 g/mol. The monoisotopic (exact) mass is 479 g/mol. The first kappa shape index (κ1) is 22.9. The molecule has 1 spiro atoms. The van der Waals surface area contributed by atoms with E-state index in [1.807, 2.05) is 6.26 Å². The summed E-state index contributed by atoms with van der Waals surface area (Å²) in [6.07, 6.45) is -2.32. The van der Waals surface area contributed by atoms with Gasteiger partial charge < -0.3 is 20.3 Å². The van der Waals surface area contributed by atoms with Gasteiger partial charge in [-0.1, -0.05) is 11.8 Å². The number of aromatic nitrogens is 4. The van der Waals surface area contributed by atoms with Crippen LogP contribution in [0, 0.1) is 5.41 Å². The van der Waals surface area contributed by atoms with Crippen molar-refractivity contribution >= 4 is 40.5 Å². The average molecular weight is 480 g/mol. The van der Waals surface area contributed by atoms with Crippen LogP contribution in [0.15, 0.2) is 11.5 Å². The normalized spacial score (nSPS) is 24.9. The number of hydrogen-bond acceptors (Lipinski definition) is 9. The third kappa shape index (κ3) is 4.61. The SMILES string of the molecule is CSCCNc1nc(SCCC(F)(F)F)nc2c1ncn2[C@@H]1O[C@H](CO)C2(CC2)[C@H]1O. The number of imidazole rings is 1. The summed E-state index contributed by atoms with van der Waals surface area (Å²) in [7, 11) is 0. The van der Waals surface area contributed by atoms with E-state index in [4.69, 9.17) is 4.74 Å². The molecule has 0 unspecified atom stereocenters. The Kier molecular flexibility index (Phi) is 6.59. The molecule has 2 aromatic rings. The highest BCUT2D eigenvalue weighted by atomic mass is 32.2. The van der Waals surface area contributed by atoms with Gasteiger partial charge in [0.1, 0.15) is 6.10 Å². The lowest BCUT2D eigenvalue weighted by Gasteiger charge is -2.18. The summed E-state index contributed by atoms with van der Waals surface area (Å²) in [5.74, 6) is 1.04. The number of halogens is 3. The Morgan fingerprint density at radius 3 is 2.71 bits per heavy atom. The predicted molar refractivity (Wildman–Crippen MR) is 112 cm³/mol. The molecule has 0 amide bonds. The van der Waals surface area contributed by atoms with E-state index >= 15 is 0 Å². The van der Waals surface area contributed by atoms with Gasteiger partial charge in [0.25, 0.3) is 0 Å².